The summed E-state index contributed by atoms with van der Waals surface area (Å²) in [4.78, 5) is 37.5. The molecule has 0 aliphatic rings. The third-order valence-corrected chi connectivity index (χ3v) is 5.25. The number of nitrogens with one attached hydrogen (secondary N) is 1. The van der Waals surface area contributed by atoms with Gasteiger partial charge in [0.2, 0.25) is 11.8 Å². The Labute approximate surface area is 174 Å². The molecule has 0 radical (unpaired) electrons. The summed E-state index contributed by atoms with van der Waals surface area (Å²) in [5.74, 6) is -0.733. The van der Waals surface area contributed by atoms with Crippen LogP contribution in [0.25, 0.3) is 0 Å². The number of ketones is 1. The Bertz CT molecular complexity index is 885. The molecular formula is C20H26N4O4S. The van der Waals surface area contributed by atoms with Gasteiger partial charge >= 0.3 is 0 Å². The number of aromatic nitrogens is 2. The Morgan fingerprint density at radius 2 is 1.76 bits per heavy atom. The van der Waals surface area contributed by atoms with Gasteiger partial charge in [-0.1, -0.05) is 32.9 Å². The topological polar surface area (TPSA) is 105 Å². The van der Waals surface area contributed by atoms with Crippen molar-refractivity contribution in [2.24, 2.45) is 0 Å². The number of hydrogen-bond donors (Lipinski definition) is 1. The summed E-state index contributed by atoms with van der Waals surface area (Å²) in [5, 5.41) is 9.56. The van der Waals surface area contributed by atoms with Crippen LogP contribution in [0.3, 0.4) is 0 Å². The standard InChI is InChI=1S/C20H26N4O4S/c1-12(25)16(18(27)24(5)6)29-19-23-22-15(28-19)11-21-17(26)13-7-9-14(10-8-13)20(2,3)4/h7-10,16H,11H2,1-6H3,(H,21,26)/t16-/m0/s1. The van der Waals surface area contributed by atoms with Crippen LogP contribution in [0.1, 0.15) is 49.5 Å². The molecule has 2 amide bonds. The molecule has 1 N–H and O–H groups in total. The molecule has 156 valence electrons. The van der Waals surface area contributed by atoms with Crippen LogP contribution in [0, 0.1) is 0 Å². The lowest BCUT2D eigenvalue weighted by Crippen LogP contribution is -2.35. The fourth-order valence-electron chi connectivity index (χ4n) is 2.38. The first-order chi connectivity index (χ1) is 13.5. The number of amides is 2. The zero-order valence-electron chi connectivity index (χ0n) is 17.5. The van der Waals surface area contributed by atoms with Gasteiger partial charge in [0.15, 0.2) is 11.0 Å². The van der Waals surface area contributed by atoms with Crippen LogP contribution in [-0.4, -0.2) is 52.0 Å². The van der Waals surface area contributed by atoms with Crippen molar-refractivity contribution in [1.82, 2.24) is 20.4 Å². The minimum absolute atomic E-state index is 0.0124. The van der Waals surface area contributed by atoms with Crippen LogP contribution < -0.4 is 5.32 Å². The summed E-state index contributed by atoms with van der Waals surface area (Å²) >= 11 is 0.895. The maximum absolute atomic E-state index is 12.3. The fourth-order valence-corrected chi connectivity index (χ4v) is 3.29. The molecule has 1 aromatic heterocycles. The third-order valence-electron chi connectivity index (χ3n) is 4.11. The van der Waals surface area contributed by atoms with E-state index >= 15 is 0 Å². The molecule has 1 aromatic carbocycles. The van der Waals surface area contributed by atoms with Gasteiger partial charge in [0.05, 0.1) is 6.54 Å². The van der Waals surface area contributed by atoms with Gasteiger partial charge in [-0.25, -0.2) is 0 Å². The minimum atomic E-state index is -0.950. The normalized spacial score (nSPS) is 12.3. The van der Waals surface area contributed by atoms with Crippen molar-refractivity contribution in [1.29, 1.82) is 0 Å². The molecule has 0 unspecified atom stereocenters. The Morgan fingerprint density at radius 1 is 1.14 bits per heavy atom. The van der Waals surface area contributed by atoms with Gasteiger partial charge in [0.1, 0.15) is 0 Å². The first-order valence-electron chi connectivity index (χ1n) is 9.08. The molecule has 0 spiro atoms. The van der Waals surface area contributed by atoms with Crippen molar-refractivity contribution in [2.75, 3.05) is 14.1 Å². The van der Waals surface area contributed by atoms with Crippen molar-refractivity contribution >= 4 is 29.4 Å². The van der Waals surface area contributed by atoms with E-state index in [1.807, 2.05) is 12.1 Å². The van der Waals surface area contributed by atoms with Gasteiger partial charge < -0.3 is 14.6 Å². The average Bonchev–Trinajstić information content (AvgIpc) is 3.10. The number of benzene rings is 1. The molecule has 8 nitrogen and oxygen atoms in total. The zero-order chi connectivity index (χ0) is 21.8. The fraction of sp³-hybridized carbons (Fsp3) is 0.450. The summed E-state index contributed by atoms with van der Waals surface area (Å²) in [6.07, 6.45) is 0. The highest BCUT2D eigenvalue weighted by Gasteiger charge is 2.28. The van der Waals surface area contributed by atoms with Gasteiger partial charge in [-0.2, -0.15) is 0 Å². The summed E-state index contributed by atoms with van der Waals surface area (Å²) in [6.45, 7) is 7.70. The number of nitrogens with zero attached hydrogens (tertiary/aromatic N) is 3. The maximum atomic E-state index is 12.3. The second kappa shape index (κ2) is 9.21. The van der Waals surface area contributed by atoms with Crippen LogP contribution in [0.2, 0.25) is 0 Å². The highest BCUT2D eigenvalue weighted by Crippen LogP contribution is 2.24. The number of Topliss-reactive ketones (excluding diaryl/α,β-unsaturated/α-hetero) is 1. The van der Waals surface area contributed by atoms with Crippen molar-refractivity contribution < 1.29 is 18.8 Å². The summed E-state index contributed by atoms with van der Waals surface area (Å²) in [7, 11) is 3.14. The molecule has 1 atom stereocenters. The van der Waals surface area contributed by atoms with E-state index in [0.29, 0.717) is 5.56 Å². The monoisotopic (exact) mass is 418 g/mol. The van der Waals surface area contributed by atoms with Gasteiger partial charge in [0, 0.05) is 19.7 Å². The van der Waals surface area contributed by atoms with E-state index in [4.69, 9.17) is 4.42 Å². The zero-order valence-corrected chi connectivity index (χ0v) is 18.3. The third kappa shape index (κ3) is 6.15. The number of hydrogen-bond acceptors (Lipinski definition) is 7. The van der Waals surface area contributed by atoms with E-state index in [1.165, 1.54) is 11.8 Å². The number of thioether (sulfide) groups is 1. The first-order valence-corrected chi connectivity index (χ1v) is 9.96. The van der Waals surface area contributed by atoms with Crippen LogP contribution in [-0.2, 0) is 21.5 Å². The van der Waals surface area contributed by atoms with E-state index < -0.39 is 5.25 Å². The number of carbonyl (C=O) groups is 3. The largest absolute Gasteiger partial charge is 0.414 e. The van der Waals surface area contributed by atoms with Gasteiger partial charge in [-0.15, -0.1) is 10.2 Å². The molecule has 2 rings (SSSR count). The Kier molecular flexibility index (Phi) is 7.18. The van der Waals surface area contributed by atoms with Gasteiger partial charge in [0.25, 0.3) is 11.1 Å². The Balaban J connectivity index is 1.97. The molecule has 0 bridgehead atoms. The molecule has 0 fully saturated rings. The van der Waals surface area contributed by atoms with E-state index in [2.05, 4.69) is 36.3 Å². The highest BCUT2D eigenvalue weighted by molar-refractivity contribution is 8.01. The van der Waals surface area contributed by atoms with Gasteiger partial charge in [-0.05, 0) is 41.8 Å². The summed E-state index contributed by atoms with van der Waals surface area (Å²) in [5.41, 5.74) is 1.68. The van der Waals surface area contributed by atoms with Crippen LogP contribution in [0.15, 0.2) is 33.9 Å². The van der Waals surface area contributed by atoms with Crippen molar-refractivity contribution in [3.05, 3.63) is 41.3 Å². The molecule has 29 heavy (non-hydrogen) atoms. The highest BCUT2D eigenvalue weighted by atomic mass is 32.2. The molecule has 0 aliphatic heterocycles. The smallest absolute Gasteiger partial charge is 0.277 e. The second-order valence-corrected chi connectivity index (χ2v) is 8.87. The van der Waals surface area contributed by atoms with E-state index in [1.54, 1.807) is 26.2 Å². The van der Waals surface area contributed by atoms with E-state index in [-0.39, 0.29) is 40.7 Å². The summed E-state index contributed by atoms with van der Waals surface area (Å²) < 4.78 is 5.45. The Morgan fingerprint density at radius 3 is 2.28 bits per heavy atom. The van der Waals surface area contributed by atoms with Crippen LogP contribution in [0.5, 0.6) is 0 Å². The van der Waals surface area contributed by atoms with E-state index in [9.17, 15) is 14.4 Å². The second-order valence-electron chi connectivity index (χ2n) is 7.81. The molecule has 0 aliphatic carbocycles. The molecule has 0 saturated carbocycles. The lowest BCUT2D eigenvalue weighted by Gasteiger charge is -2.19. The number of rotatable bonds is 7. The maximum Gasteiger partial charge on any atom is 0.277 e. The first kappa shape index (κ1) is 22.6. The van der Waals surface area contributed by atoms with E-state index in [0.717, 1.165) is 17.3 Å². The Hall–Kier alpha value is -2.68. The summed E-state index contributed by atoms with van der Waals surface area (Å²) in [6, 6.07) is 7.41. The molecule has 9 heteroatoms. The molecule has 2 aromatic rings. The minimum Gasteiger partial charge on any atom is -0.414 e. The average molecular weight is 419 g/mol. The molecule has 0 saturated heterocycles. The van der Waals surface area contributed by atoms with Crippen LogP contribution >= 0.6 is 11.8 Å². The predicted octanol–water partition coefficient (Wildman–Crippen LogP) is 2.44. The number of carbonyl (C=O) groups excluding carboxylic acids is 3. The molecular weight excluding hydrogens is 392 g/mol. The van der Waals surface area contributed by atoms with Crippen molar-refractivity contribution in [3.63, 3.8) is 0 Å². The molecule has 1 heterocycles. The lowest BCUT2D eigenvalue weighted by molar-refractivity contribution is -0.132. The quantitative estimate of drug-likeness (QED) is 0.544. The predicted molar refractivity (Wildman–Crippen MR) is 110 cm³/mol. The SMILES string of the molecule is CC(=O)[C@H](Sc1nnc(CNC(=O)c2ccc(C(C)(C)C)cc2)o1)C(=O)N(C)C. The van der Waals surface area contributed by atoms with Gasteiger partial charge in [-0.3, -0.25) is 14.4 Å². The lowest BCUT2D eigenvalue weighted by atomic mass is 9.87. The van der Waals surface area contributed by atoms with Crippen molar-refractivity contribution in [3.8, 4) is 0 Å². The van der Waals surface area contributed by atoms with Crippen LogP contribution in [0.4, 0.5) is 0 Å². The van der Waals surface area contributed by atoms with Crippen molar-refractivity contribution in [2.45, 2.75) is 50.1 Å².